The first kappa shape index (κ1) is 10.7. The fourth-order valence-electron chi connectivity index (χ4n) is 0.900. The van der Waals surface area contributed by atoms with Gasteiger partial charge in [0.2, 0.25) is 0 Å². The third kappa shape index (κ3) is 2.39. The average molecular weight is 259 g/mol. The zero-order chi connectivity index (χ0) is 10.8. The van der Waals surface area contributed by atoms with Gasteiger partial charge in [-0.15, -0.1) is 11.3 Å². The zero-order valence-corrected chi connectivity index (χ0v) is 10.2. The van der Waals surface area contributed by atoms with E-state index in [1.807, 2.05) is 12.3 Å². The number of aryl methyl sites for hydroxylation is 1. The molecular formula is C8H7ClN4S2. The van der Waals surface area contributed by atoms with E-state index >= 15 is 0 Å². The second-order valence-corrected chi connectivity index (χ2v) is 5.21. The fourth-order valence-corrected chi connectivity index (χ4v) is 2.86. The molecule has 0 radical (unpaired) electrons. The van der Waals surface area contributed by atoms with Crippen LogP contribution in [-0.4, -0.2) is 15.0 Å². The minimum absolute atomic E-state index is 0.294. The molecule has 2 heterocycles. The van der Waals surface area contributed by atoms with Gasteiger partial charge in [0.05, 0.1) is 0 Å². The average Bonchev–Trinajstić information content (AvgIpc) is 2.59. The number of hydrogen-bond acceptors (Lipinski definition) is 6. The van der Waals surface area contributed by atoms with Crippen molar-refractivity contribution in [1.82, 2.24) is 15.0 Å². The Balaban J connectivity index is 2.28. The Morgan fingerprint density at radius 2 is 2.27 bits per heavy atom. The van der Waals surface area contributed by atoms with Crippen LogP contribution in [0.1, 0.15) is 5.69 Å². The molecule has 0 spiro atoms. The molecule has 2 rings (SSSR count). The van der Waals surface area contributed by atoms with Gasteiger partial charge in [-0.1, -0.05) is 11.6 Å². The fraction of sp³-hybridized carbons (Fsp3) is 0.125. The third-order valence-electron chi connectivity index (χ3n) is 1.57. The highest BCUT2D eigenvalue weighted by Crippen LogP contribution is 2.34. The lowest BCUT2D eigenvalue weighted by Crippen LogP contribution is -1.94. The summed E-state index contributed by atoms with van der Waals surface area (Å²) < 4.78 is 0.896. The van der Waals surface area contributed by atoms with Crippen molar-refractivity contribution in [3.63, 3.8) is 0 Å². The Hall–Kier alpha value is -0.850. The normalized spacial score (nSPS) is 10.5. The molecule has 0 bridgehead atoms. The summed E-state index contributed by atoms with van der Waals surface area (Å²) >= 11 is 8.90. The third-order valence-corrected chi connectivity index (χ3v) is 4.11. The lowest BCUT2D eigenvalue weighted by Gasteiger charge is -2.01. The van der Waals surface area contributed by atoms with E-state index in [0.717, 1.165) is 10.0 Å². The van der Waals surface area contributed by atoms with Crippen LogP contribution >= 0.6 is 34.7 Å². The SMILES string of the molecule is Cc1csc(Sc2ncnc(N)c2Cl)n1. The van der Waals surface area contributed by atoms with Crippen LogP contribution in [0.4, 0.5) is 5.82 Å². The molecular weight excluding hydrogens is 252 g/mol. The maximum atomic E-state index is 5.96. The van der Waals surface area contributed by atoms with Crippen molar-refractivity contribution in [2.75, 3.05) is 5.73 Å². The predicted octanol–water partition coefficient (Wildman–Crippen LogP) is 2.63. The molecule has 2 N–H and O–H groups in total. The number of nitrogens with two attached hydrogens (primary N) is 1. The molecule has 0 fully saturated rings. The summed E-state index contributed by atoms with van der Waals surface area (Å²) in [5.41, 5.74) is 6.55. The van der Waals surface area contributed by atoms with Crippen molar-refractivity contribution >= 4 is 40.5 Å². The molecule has 2 aromatic rings. The van der Waals surface area contributed by atoms with E-state index in [0.29, 0.717) is 15.9 Å². The largest absolute Gasteiger partial charge is 0.382 e. The van der Waals surface area contributed by atoms with Crippen LogP contribution in [0.15, 0.2) is 21.1 Å². The maximum Gasteiger partial charge on any atom is 0.156 e. The summed E-state index contributed by atoms with van der Waals surface area (Å²) in [6.07, 6.45) is 1.39. The molecule has 4 nitrogen and oxygen atoms in total. The van der Waals surface area contributed by atoms with Gasteiger partial charge >= 0.3 is 0 Å². The van der Waals surface area contributed by atoms with Crippen LogP contribution in [0, 0.1) is 6.92 Å². The number of rotatable bonds is 2. The van der Waals surface area contributed by atoms with Crippen LogP contribution in [0.2, 0.25) is 5.02 Å². The quantitative estimate of drug-likeness (QED) is 0.839. The van der Waals surface area contributed by atoms with Gasteiger partial charge in [-0.05, 0) is 18.7 Å². The Morgan fingerprint density at radius 1 is 1.47 bits per heavy atom. The summed E-state index contributed by atoms with van der Waals surface area (Å²) in [5, 5.41) is 3.00. The molecule has 0 saturated heterocycles. The molecule has 0 amide bonds. The Bertz CT molecular complexity index is 485. The van der Waals surface area contributed by atoms with E-state index in [1.54, 1.807) is 11.3 Å². The first-order valence-corrected chi connectivity index (χ1v) is 6.10. The van der Waals surface area contributed by atoms with Crippen molar-refractivity contribution in [1.29, 1.82) is 0 Å². The van der Waals surface area contributed by atoms with E-state index < -0.39 is 0 Å². The topological polar surface area (TPSA) is 64.7 Å². The van der Waals surface area contributed by atoms with E-state index in [4.69, 9.17) is 17.3 Å². The lowest BCUT2D eigenvalue weighted by molar-refractivity contribution is 1.05. The van der Waals surface area contributed by atoms with Crippen LogP contribution in [0.3, 0.4) is 0 Å². The van der Waals surface area contributed by atoms with Crippen LogP contribution in [-0.2, 0) is 0 Å². The van der Waals surface area contributed by atoms with Gasteiger partial charge in [0.1, 0.15) is 22.2 Å². The Kier molecular flexibility index (Phi) is 3.08. The molecule has 0 aliphatic rings. The number of aromatic nitrogens is 3. The van der Waals surface area contributed by atoms with Gasteiger partial charge in [0.15, 0.2) is 4.34 Å². The van der Waals surface area contributed by atoms with Crippen LogP contribution in [0.5, 0.6) is 0 Å². The highest BCUT2D eigenvalue weighted by Gasteiger charge is 2.10. The first-order valence-electron chi connectivity index (χ1n) is 4.03. The Labute approximate surface area is 99.9 Å². The number of nitrogens with zero attached hydrogens (tertiary/aromatic N) is 3. The summed E-state index contributed by atoms with van der Waals surface area (Å²) in [5.74, 6) is 0.294. The van der Waals surface area contributed by atoms with E-state index in [-0.39, 0.29) is 0 Å². The van der Waals surface area contributed by atoms with E-state index in [2.05, 4.69) is 15.0 Å². The smallest absolute Gasteiger partial charge is 0.156 e. The molecule has 15 heavy (non-hydrogen) atoms. The first-order chi connectivity index (χ1) is 7.16. The zero-order valence-electron chi connectivity index (χ0n) is 7.77. The van der Waals surface area contributed by atoms with Crippen molar-refractivity contribution < 1.29 is 0 Å². The maximum absolute atomic E-state index is 5.96. The van der Waals surface area contributed by atoms with Crippen LogP contribution < -0.4 is 5.73 Å². The van der Waals surface area contributed by atoms with Gasteiger partial charge in [-0.2, -0.15) is 0 Å². The second-order valence-electron chi connectivity index (χ2n) is 2.73. The summed E-state index contributed by atoms with van der Waals surface area (Å²) in [7, 11) is 0. The molecule has 2 aromatic heterocycles. The predicted molar refractivity (Wildman–Crippen MR) is 62.4 cm³/mol. The van der Waals surface area contributed by atoms with Crippen molar-refractivity contribution in [3.8, 4) is 0 Å². The van der Waals surface area contributed by atoms with Gasteiger partial charge in [-0.3, -0.25) is 0 Å². The molecule has 0 atom stereocenters. The summed E-state index contributed by atoms with van der Waals surface area (Å²) in [4.78, 5) is 12.1. The number of anilines is 1. The number of thiazole rings is 1. The van der Waals surface area contributed by atoms with Gasteiger partial charge in [-0.25, -0.2) is 15.0 Å². The molecule has 78 valence electrons. The monoisotopic (exact) mass is 258 g/mol. The van der Waals surface area contributed by atoms with Gasteiger partial charge < -0.3 is 5.73 Å². The van der Waals surface area contributed by atoms with Crippen molar-refractivity contribution in [2.24, 2.45) is 0 Å². The highest BCUT2D eigenvalue weighted by molar-refractivity contribution is 8.01. The Morgan fingerprint density at radius 3 is 2.93 bits per heavy atom. The van der Waals surface area contributed by atoms with Crippen LogP contribution in [0.25, 0.3) is 0 Å². The standard InChI is InChI=1S/C8H7ClN4S2/c1-4-2-14-8(13-4)15-7-5(9)6(10)11-3-12-7/h2-3H,1H3,(H2,10,11,12). The van der Waals surface area contributed by atoms with E-state index in [9.17, 15) is 0 Å². The summed E-state index contributed by atoms with van der Waals surface area (Å²) in [6.45, 7) is 1.94. The molecule has 0 saturated carbocycles. The highest BCUT2D eigenvalue weighted by atomic mass is 35.5. The van der Waals surface area contributed by atoms with Gasteiger partial charge in [0.25, 0.3) is 0 Å². The second kappa shape index (κ2) is 4.34. The number of hydrogen-bond donors (Lipinski definition) is 1. The molecule has 0 aliphatic heterocycles. The molecule has 0 aromatic carbocycles. The molecule has 0 unspecified atom stereocenters. The summed E-state index contributed by atoms with van der Waals surface area (Å²) in [6, 6.07) is 0. The van der Waals surface area contributed by atoms with E-state index in [1.165, 1.54) is 18.1 Å². The number of halogens is 1. The molecule has 7 heteroatoms. The molecule has 0 aliphatic carbocycles. The van der Waals surface area contributed by atoms with Crippen molar-refractivity contribution in [2.45, 2.75) is 16.3 Å². The van der Waals surface area contributed by atoms with Crippen molar-refractivity contribution in [3.05, 3.63) is 22.4 Å². The lowest BCUT2D eigenvalue weighted by atomic mass is 10.6. The minimum Gasteiger partial charge on any atom is -0.382 e. The number of nitrogen functional groups attached to an aromatic ring is 1. The van der Waals surface area contributed by atoms with Gasteiger partial charge in [0, 0.05) is 11.1 Å². The minimum atomic E-state index is 0.294.